The smallest absolute Gasteiger partial charge is 0.275 e. The number of hydrogen-bond donors (Lipinski definition) is 1. The molecule has 4 rings (SSSR count). The zero-order valence-electron chi connectivity index (χ0n) is 13.4. The molecule has 0 spiro atoms. The Balaban J connectivity index is 1.77. The first kappa shape index (κ1) is 15.4. The van der Waals surface area contributed by atoms with E-state index in [4.69, 9.17) is 16.5 Å². The van der Waals surface area contributed by atoms with E-state index in [-0.39, 0.29) is 5.91 Å². The van der Waals surface area contributed by atoms with Crippen LogP contribution in [-0.2, 0) is 7.05 Å². The van der Waals surface area contributed by atoms with Gasteiger partial charge in [0.2, 0.25) is 0 Å². The molecule has 0 fully saturated rings. The van der Waals surface area contributed by atoms with Crippen LogP contribution in [0, 0.1) is 0 Å². The van der Waals surface area contributed by atoms with Crippen LogP contribution in [0.25, 0.3) is 22.1 Å². The third-order valence-corrected chi connectivity index (χ3v) is 4.25. The van der Waals surface area contributed by atoms with E-state index in [0.717, 1.165) is 10.9 Å². The Morgan fingerprint density at radius 1 is 1.32 bits per heavy atom. The average molecular weight is 357 g/mol. The van der Waals surface area contributed by atoms with Crippen LogP contribution < -0.4 is 10.1 Å². The summed E-state index contributed by atoms with van der Waals surface area (Å²) in [5.41, 5.74) is 2.25. The molecule has 0 saturated heterocycles. The first-order valence-electron chi connectivity index (χ1n) is 7.39. The van der Waals surface area contributed by atoms with Gasteiger partial charge in [0, 0.05) is 30.4 Å². The fourth-order valence-corrected chi connectivity index (χ4v) is 2.93. The van der Waals surface area contributed by atoms with Gasteiger partial charge >= 0.3 is 0 Å². The Morgan fingerprint density at radius 3 is 2.88 bits per heavy atom. The highest BCUT2D eigenvalue weighted by Gasteiger charge is 2.16. The van der Waals surface area contributed by atoms with Crippen molar-refractivity contribution in [1.29, 1.82) is 0 Å². The predicted molar refractivity (Wildman–Crippen MR) is 94.0 cm³/mol. The molecular weight excluding hydrogens is 344 g/mol. The first-order valence-corrected chi connectivity index (χ1v) is 7.73. The second-order valence-electron chi connectivity index (χ2n) is 5.39. The van der Waals surface area contributed by atoms with E-state index in [1.54, 1.807) is 26.4 Å². The van der Waals surface area contributed by atoms with Crippen molar-refractivity contribution in [3.05, 3.63) is 42.4 Å². The van der Waals surface area contributed by atoms with Gasteiger partial charge in [0.25, 0.3) is 5.91 Å². The first-order chi connectivity index (χ1) is 12.1. The van der Waals surface area contributed by atoms with Gasteiger partial charge in [-0.25, -0.2) is 14.1 Å². The number of amides is 1. The molecular formula is C16H13ClN6O2. The number of carbonyl (C=O) groups is 1. The fraction of sp³-hybridized carbons (Fsp3) is 0.125. The number of rotatable bonds is 3. The van der Waals surface area contributed by atoms with Crippen LogP contribution in [0.4, 0.5) is 5.82 Å². The number of carbonyl (C=O) groups excluding carboxylic acids is 1. The monoisotopic (exact) mass is 356 g/mol. The van der Waals surface area contributed by atoms with Crippen LogP contribution in [0.3, 0.4) is 0 Å². The number of ether oxygens (including phenoxy) is 1. The molecule has 0 saturated carbocycles. The Bertz CT molecular complexity index is 1120. The number of aromatic nitrogens is 5. The van der Waals surface area contributed by atoms with E-state index in [1.807, 2.05) is 18.2 Å². The lowest BCUT2D eigenvalue weighted by Crippen LogP contribution is -2.17. The molecule has 1 amide bonds. The molecule has 4 aromatic rings. The number of hydrogen-bond acceptors (Lipinski definition) is 5. The van der Waals surface area contributed by atoms with Crippen molar-refractivity contribution < 1.29 is 9.53 Å². The molecule has 0 aliphatic carbocycles. The van der Waals surface area contributed by atoms with E-state index in [1.165, 1.54) is 15.0 Å². The minimum absolute atomic E-state index is 0.301. The van der Waals surface area contributed by atoms with Crippen molar-refractivity contribution in [2.75, 3.05) is 12.4 Å². The summed E-state index contributed by atoms with van der Waals surface area (Å²) >= 11 is 6.37. The molecule has 0 atom stereocenters. The number of aryl methyl sites for hydroxylation is 1. The maximum Gasteiger partial charge on any atom is 0.275 e. The Kier molecular flexibility index (Phi) is 3.54. The molecule has 1 N–H and O–H groups in total. The lowest BCUT2D eigenvalue weighted by atomic mass is 10.2. The lowest BCUT2D eigenvalue weighted by Gasteiger charge is -2.04. The number of nitrogens with one attached hydrogen (secondary N) is 1. The van der Waals surface area contributed by atoms with E-state index in [9.17, 15) is 4.79 Å². The van der Waals surface area contributed by atoms with Gasteiger partial charge in [0.05, 0.1) is 18.8 Å². The van der Waals surface area contributed by atoms with Crippen molar-refractivity contribution in [1.82, 2.24) is 23.8 Å². The zero-order chi connectivity index (χ0) is 17.6. The zero-order valence-corrected chi connectivity index (χ0v) is 14.2. The second kappa shape index (κ2) is 5.75. The van der Waals surface area contributed by atoms with Gasteiger partial charge in [-0.15, -0.1) is 0 Å². The number of fused-ring (bicyclic) bond motifs is 3. The number of benzene rings is 1. The Morgan fingerprint density at radius 2 is 2.16 bits per heavy atom. The van der Waals surface area contributed by atoms with Crippen molar-refractivity contribution >= 4 is 45.6 Å². The summed E-state index contributed by atoms with van der Waals surface area (Å²) in [4.78, 5) is 21.1. The second-order valence-corrected chi connectivity index (χ2v) is 5.72. The summed E-state index contributed by atoms with van der Waals surface area (Å²) < 4.78 is 8.14. The normalized spacial score (nSPS) is 11.2. The van der Waals surface area contributed by atoms with Gasteiger partial charge in [-0.1, -0.05) is 0 Å². The molecule has 0 radical (unpaired) electrons. The molecule has 0 unspecified atom stereocenters. The summed E-state index contributed by atoms with van der Waals surface area (Å²) in [5, 5.41) is 7.49. The van der Waals surface area contributed by atoms with Crippen LogP contribution in [-0.4, -0.2) is 36.9 Å². The fourth-order valence-electron chi connectivity index (χ4n) is 2.66. The largest absolute Gasteiger partial charge is 0.497 e. The number of nitrogens with zero attached hydrogens (tertiary/aromatic N) is 5. The van der Waals surface area contributed by atoms with E-state index in [0.29, 0.717) is 28.4 Å². The SMILES string of the molecule is COc1ccc2c(c1)c1ncc(NC(=O)c3ccnn3C)nc1n2Cl. The lowest BCUT2D eigenvalue weighted by molar-refractivity contribution is 0.101. The van der Waals surface area contributed by atoms with Gasteiger partial charge in [-0.2, -0.15) is 5.10 Å². The van der Waals surface area contributed by atoms with E-state index < -0.39 is 0 Å². The molecule has 3 heterocycles. The van der Waals surface area contributed by atoms with Gasteiger partial charge in [0.1, 0.15) is 17.0 Å². The number of anilines is 1. The summed E-state index contributed by atoms with van der Waals surface area (Å²) in [5.74, 6) is 0.676. The molecule has 25 heavy (non-hydrogen) atoms. The minimum atomic E-state index is -0.326. The van der Waals surface area contributed by atoms with Crippen molar-refractivity contribution in [3.63, 3.8) is 0 Å². The molecule has 126 valence electrons. The van der Waals surface area contributed by atoms with E-state index in [2.05, 4.69) is 20.4 Å². The molecule has 0 aliphatic rings. The molecule has 0 aliphatic heterocycles. The van der Waals surface area contributed by atoms with Crippen LogP contribution in [0.1, 0.15) is 10.5 Å². The Hall–Kier alpha value is -3.13. The van der Waals surface area contributed by atoms with Gasteiger partial charge in [-0.05, 0) is 24.3 Å². The predicted octanol–water partition coefficient (Wildman–Crippen LogP) is 2.58. The maximum atomic E-state index is 12.3. The number of halogens is 1. The molecule has 9 heteroatoms. The van der Waals surface area contributed by atoms with E-state index >= 15 is 0 Å². The average Bonchev–Trinajstić information content (AvgIpc) is 3.17. The highest BCUT2D eigenvalue weighted by molar-refractivity contribution is 6.25. The molecule has 0 bridgehead atoms. The molecule has 3 aromatic heterocycles. The molecule has 1 aromatic carbocycles. The van der Waals surface area contributed by atoms with Gasteiger partial charge < -0.3 is 10.1 Å². The van der Waals surface area contributed by atoms with Crippen molar-refractivity contribution in [3.8, 4) is 5.75 Å². The van der Waals surface area contributed by atoms with Crippen molar-refractivity contribution in [2.45, 2.75) is 0 Å². The minimum Gasteiger partial charge on any atom is -0.497 e. The van der Waals surface area contributed by atoms with Crippen LogP contribution in [0.5, 0.6) is 5.75 Å². The van der Waals surface area contributed by atoms with Crippen LogP contribution in [0.2, 0.25) is 0 Å². The molecule has 8 nitrogen and oxygen atoms in total. The number of methoxy groups -OCH3 is 1. The quantitative estimate of drug-likeness (QED) is 0.609. The van der Waals surface area contributed by atoms with Crippen molar-refractivity contribution in [2.24, 2.45) is 7.05 Å². The summed E-state index contributed by atoms with van der Waals surface area (Å²) in [6.07, 6.45) is 3.04. The highest BCUT2D eigenvalue weighted by Crippen LogP contribution is 2.30. The summed E-state index contributed by atoms with van der Waals surface area (Å²) in [6, 6.07) is 7.11. The Labute approximate surface area is 147 Å². The third-order valence-electron chi connectivity index (χ3n) is 3.91. The van der Waals surface area contributed by atoms with Gasteiger partial charge in [0.15, 0.2) is 11.5 Å². The highest BCUT2D eigenvalue weighted by atomic mass is 35.5. The summed E-state index contributed by atoms with van der Waals surface area (Å²) in [6.45, 7) is 0. The summed E-state index contributed by atoms with van der Waals surface area (Å²) in [7, 11) is 3.28. The standard InChI is InChI=1S/C16H13ClN6O2/c1-22-12(5-6-19-22)16(24)21-13-8-18-14-10-7-9(25-2)3-4-11(10)23(17)15(14)20-13/h3-8H,1-2H3,(H,20,21,24). The van der Waals surface area contributed by atoms with Gasteiger partial charge in [-0.3, -0.25) is 9.48 Å². The topological polar surface area (TPSA) is 86.9 Å². The maximum absolute atomic E-state index is 12.3. The van der Waals surface area contributed by atoms with Crippen LogP contribution in [0.15, 0.2) is 36.7 Å². The van der Waals surface area contributed by atoms with Crippen LogP contribution >= 0.6 is 11.8 Å². The third kappa shape index (κ3) is 2.47.